The highest BCUT2D eigenvalue weighted by Crippen LogP contribution is 2.30. The molecule has 0 amide bonds. The van der Waals surface area contributed by atoms with E-state index in [4.69, 9.17) is 0 Å². The number of aliphatic hydroxyl groups is 1. The van der Waals surface area contributed by atoms with Crippen molar-refractivity contribution in [2.45, 2.75) is 44.9 Å². The Labute approximate surface area is 124 Å². The molecule has 2 aromatic heterocycles. The number of H-pyrrole nitrogens is 1. The lowest BCUT2D eigenvalue weighted by molar-refractivity contribution is -0.0417. The zero-order chi connectivity index (χ0) is 14.9. The second-order valence-corrected chi connectivity index (χ2v) is 6.11. The first-order chi connectivity index (χ1) is 10.1. The fourth-order valence-electron chi connectivity index (χ4n) is 2.82. The molecule has 2 aromatic rings. The van der Waals surface area contributed by atoms with Crippen molar-refractivity contribution in [1.29, 1.82) is 0 Å². The molecule has 1 saturated heterocycles. The number of nitrogens with zero attached hydrogens (tertiary/aromatic N) is 5. The molecular weight excluding hydrogens is 268 g/mol. The monoisotopic (exact) mass is 290 g/mol. The van der Waals surface area contributed by atoms with E-state index in [0.29, 0.717) is 12.2 Å². The fraction of sp³-hybridized carbons (Fsp3) is 0.643. The van der Waals surface area contributed by atoms with Crippen LogP contribution in [0.25, 0.3) is 0 Å². The van der Waals surface area contributed by atoms with Crippen molar-refractivity contribution in [2.75, 3.05) is 13.1 Å². The number of piperidine rings is 1. The van der Waals surface area contributed by atoms with Gasteiger partial charge in [0, 0.05) is 31.0 Å². The number of aromatic nitrogens is 5. The number of β-amino-alcohol motifs (C(OH)–C–C–N with tert-alkyl or cyclic N) is 1. The molecule has 21 heavy (non-hydrogen) atoms. The first kappa shape index (κ1) is 14.2. The maximum Gasteiger partial charge on any atom is 0.123 e. The average molecular weight is 290 g/mol. The molecule has 3 rings (SSSR count). The van der Waals surface area contributed by atoms with Crippen molar-refractivity contribution in [3.05, 3.63) is 29.8 Å². The largest absolute Gasteiger partial charge is 0.382 e. The molecule has 0 saturated carbocycles. The molecule has 0 aliphatic carbocycles. The Morgan fingerprint density at radius 1 is 1.48 bits per heavy atom. The summed E-state index contributed by atoms with van der Waals surface area (Å²) >= 11 is 0. The van der Waals surface area contributed by atoms with Crippen molar-refractivity contribution < 1.29 is 5.11 Å². The van der Waals surface area contributed by atoms with Gasteiger partial charge in [0.25, 0.3) is 0 Å². The molecule has 0 aromatic carbocycles. The third-order valence-corrected chi connectivity index (χ3v) is 4.02. The van der Waals surface area contributed by atoms with E-state index in [0.717, 1.165) is 31.6 Å². The van der Waals surface area contributed by atoms with Gasteiger partial charge in [0.2, 0.25) is 0 Å². The maximum absolute atomic E-state index is 11.0. The van der Waals surface area contributed by atoms with Gasteiger partial charge in [0.1, 0.15) is 11.3 Å². The van der Waals surface area contributed by atoms with Gasteiger partial charge >= 0.3 is 0 Å². The standard InChI is InChI=1S/C14H22N6O/c1-11(2)20-9-13(17-18-20)14(21)5-3-7-19(10-14)8-12-4-6-15-16-12/h4,6,9,11,21H,3,5,7-8,10H2,1-2H3,(H,15,16). The number of nitrogens with one attached hydrogen (secondary N) is 1. The molecule has 1 atom stereocenters. The van der Waals surface area contributed by atoms with Gasteiger partial charge in [-0.3, -0.25) is 10.00 Å². The number of rotatable bonds is 4. The van der Waals surface area contributed by atoms with E-state index in [9.17, 15) is 5.11 Å². The molecule has 1 unspecified atom stereocenters. The molecule has 0 radical (unpaired) electrons. The zero-order valence-corrected chi connectivity index (χ0v) is 12.5. The van der Waals surface area contributed by atoms with Gasteiger partial charge in [-0.1, -0.05) is 5.21 Å². The van der Waals surface area contributed by atoms with E-state index >= 15 is 0 Å². The van der Waals surface area contributed by atoms with Crippen LogP contribution in [0.15, 0.2) is 18.5 Å². The predicted octanol–water partition coefficient (Wildman–Crippen LogP) is 1.07. The summed E-state index contributed by atoms with van der Waals surface area (Å²) in [5.41, 5.74) is 0.821. The first-order valence-electron chi connectivity index (χ1n) is 7.42. The third kappa shape index (κ3) is 2.98. The predicted molar refractivity (Wildman–Crippen MR) is 77.4 cm³/mol. The van der Waals surface area contributed by atoms with Crippen LogP contribution in [0.5, 0.6) is 0 Å². The van der Waals surface area contributed by atoms with Crippen molar-refractivity contribution in [1.82, 2.24) is 30.1 Å². The number of hydrogen-bond donors (Lipinski definition) is 2. The van der Waals surface area contributed by atoms with Crippen molar-refractivity contribution in [2.24, 2.45) is 0 Å². The summed E-state index contributed by atoms with van der Waals surface area (Å²) in [4.78, 5) is 2.23. The van der Waals surface area contributed by atoms with Crippen LogP contribution < -0.4 is 0 Å². The highest BCUT2D eigenvalue weighted by molar-refractivity contribution is 5.10. The van der Waals surface area contributed by atoms with Crippen molar-refractivity contribution >= 4 is 0 Å². The van der Waals surface area contributed by atoms with E-state index in [1.807, 2.05) is 26.1 Å². The van der Waals surface area contributed by atoms with Crippen LogP contribution >= 0.6 is 0 Å². The van der Waals surface area contributed by atoms with Gasteiger partial charge in [-0.05, 0) is 39.3 Å². The zero-order valence-electron chi connectivity index (χ0n) is 12.5. The first-order valence-corrected chi connectivity index (χ1v) is 7.42. The summed E-state index contributed by atoms with van der Waals surface area (Å²) in [5.74, 6) is 0. The van der Waals surface area contributed by atoms with Gasteiger partial charge in [-0.15, -0.1) is 5.10 Å². The summed E-state index contributed by atoms with van der Waals surface area (Å²) in [6.45, 7) is 6.41. The highest BCUT2D eigenvalue weighted by Gasteiger charge is 2.37. The second kappa shape index (κ2) is 5.57. The fourth-order valence-corrected chi connectivity index (χ4v) is 2.82. The summed E-state index contributed by atoms with van der Waals surface area (Å²) in [6, 6.07) is 2.21. The second-order valence-electron chi connectivity index (χ2n) is 6.11. The molecule has 3 heterocycles. The minimum Gasteiger partial charge on any atom is -0.382 e. The Bertz CT molecular complexity index is 578. The van der Waals surface area contributed by atoms with Crippen LogP contribution in [-0.4, -0.2) is 48.3 Å². The van der Waals surface area contributed by atoms with E-state index < -0.39 is 5.60 Å². The Balaban J connectivity index is 1.73. The van der Waals surface area contributed by atoms with Gasteiger partial charge in [0.15, 0.2) is 0 Å². The van der Waals surface area contributed by atoms with Gasteiger partial charge < -0.3 is 5.11 Å². The van der Waals surface area contributed by atoms with E-state index in [-0.39, 0.29) is 6.04 Å². The van der Waals surface area contributed by atoms with Crippen LogP contribution in [-0.2, 0) is 12.1 Å². The molecule has 0 spiro atoms. The highest BCUT2D eigenvalue weighted by atomic mass is 16.3. The molecule has 7 nitrogen and oxygen atoms in total. The summed E-state index contributed by atoms with van der Waals surface area (Å²) in [6.07, 6.45) is 5.28. The lowest BCUT2D eigenvalue weighted by Crippen LogP contribution is -2.46. The van der Waals surface area contributed by atoms with Crippen LogP contribution in [0.2, 0.25) is 0 Å². The number of likely N-dealkylation sites (tertiary alicyclic amines) is 1. The molecule has 1 aliphatic rings. The van der Waals surface area contributed by atoms with Gasteiger partial charge in [-0.2, -0.15) is 5.10 Å². The minimum absolute atomic E-state index is 0.250. The van der Waals surface area contributed by atoms with E-state index in [1.54, 1.807) is 10.9 Å². The molecular formula is C14H22N6O. The topological polar surface area (TPSA) is 82.9 Å². The minimum atomic E-state index is -0.911. The molecule has 1 fully saturated rings. The van der Waals surface area contributed by atoms with Gasteiger partial charge in [0.05, 0.1) is 6.20 Å². The lowest BCUT2D eigenvalue weighted by atomic mass is 9.90. The number of hydrogen-bond acceptors (Lipinski definition) is 5. The number of aromatic amines is 1. The molecule has 1 aliphatic heterocycles. The molecule has 0 bridgehead atoms. The van der Waals surface area contributed by atoms with Crippen LogP contribution in [0, 0.1) is 0 Å². The molecule has 114 valence electrons. The van der Waals surface area contributed by atoms with Crippen molar-refractivity contribution in [3.8, 4) is 0 Å². The van der Waals surface area contributed by atoms with Crippen molar-refractivity contribution in [3.63, 3.8) is 0 Å². The summed E-state index contributed by atoms with van der Waals surface area (Å²) in [7, 11) is 0. The SMILES string of the molecule is CC(C)n1cc(C2(O)CCCN(Cc3ccn[nH]3)C2)nn1. The molecule has 7 heteroatoms. The molecule has 2 N–H and O–H groups in total. The normalized spacial score (nSPS) is 23.8. The smallest absolute Gasteiger partial charge is 0.123 e. The van der Waals surface area contributed by atoms with E-state index in [1.165, 1.54) is 0 Å². The van der Waals surface area contributed by atoms with E-state index in [2.05, 4.69) is 25.4 Å². The Morgan fingerprint density at radius 3 is 3.00 bits per heavy atom. The Morgan fingerprint density at radius 2 is 2.33 bits per heavy atom. The maximum atomic E-state index is 11.0. The summed E-state index contributed by atoms with van der Waals surface area (Å²) in [5, 5.41) is 26.2. The third-order valence-electron chi connectivity index (χ3n) is 4.02. The Kier molecular flexibility index (Phi) is 3.77. The van der Waals surface area contributed by atoms with Crippen LogP contribution in [0.1, 0.15) is 44.1 Å². The quantitative estimate of drug-likeness (QED) is 0.880. The van der Waals surface area contributed by atoms with Gasteiger partial charge in [-0.25, -0.2) is 4.68 Å². The van der Waals surface area contributed by atoms with Crippen LogP contribution in [0.3, 0.4) is 0 Å². The summed E-state index contributed by atoms with van der Waals surface area (Å²) < 4.78 is 1.79. The Hall–Kier alpha value is -1.73. The lowest BCUT2D eigenvalue weighted by Gasteiger charge is -2.37. The van der Waals surface area contributed by atoms with Crippen LogP contribution in [0.4, 0.5) is 0 Å². The average Bonchev–Trinajstić information content (AvgIpc) is 3.09.